The Labute approximate surface area is 144 Å². The van der Waals surface area contributed by atoms with Gasteiger partial charge >= 0.3 is 0 Å². The van der Waals surface area contributed by atoms with E-state index in [1.807, 2.05) is 0 Å². The minimum Gasteiger partial charge on any atom is -0.497 e. The Hall–Kier alpha value is -1.89. The van der Waals surface area contributed by atoms with Crippen molar-refractivity contribution in [2.24, 2.45) is 0 Å². The predicted octanol–water partition coefficient (Wildman–Crippen LogP) is 2.80. The number of carbonyl (C=O) groups excluding carboxylic acids is 1. The van der Waals surface area contributed by atoms with Crippen LogP contribution in [0.5, 0.6) is 5.75 Å². The van der Waals surface area contributed by atoms with E-state index in [-0.39, 0.29) is 5.78 Å². The van der Waals surface area contributed by atoms with E-state index in [1.54, 1.807) is 31.4 Å². The molecule has 6 heteroatoms. The maximum absolute atomic E-state index is 12.9. The minimum absolute atomic E-state index is 0.0307. The third-order valence-corrected chi connectivity index (χ3v) is 5.76. The molecule has 0 atom stereocenters. The zero-order valence-corrected chi connectivity index (χ0v) is 14.3. The van der Waals surface area contributed by atoms with Gasteiger partial charge in [-0.2, -0.15) is 0 Å². The molecule has 126 valence electrons. The second kappa shape index (κ2) is 5.88. The molecule has 1 aliphatic carbocycles. The number of ketones is 1. The summed E-state index contributed by atoms with van der Waals surface area (Å²) < 4.78 is 16.8. The third-order valence-electron chi connectivity index (χ3n) is 4.70. The highest BCUT2D eigenvalue weighted by Crippen LogP contribution is 2.43. The van der Waals surface area contributed by atoms with Crippen molar-refractivity contribution in [1.29, 1.82) is 0 Å². The molecule has 0 unspecified atom stereocenters. The number of rotatable bonds is 3. The van der Waals surface area contributed by atoms with Gasteiger partial charge < -0.3 is 19.9 Å². The van der Waals surface area contributed by atoms with Crippen LogP contribution in [0.15, 0.2) is 24.3 Å². The summed E-state index contributed by atoms with van der Waals surface area (Å²) in [4.78, 5) is 14.0. The second-order valence-corrected chi connectivity index (χ2v) is 7.22. The fourth-order valence-electron chi connectivity index (χ4n) is 3.47. The smallest absolute Gasteiger partial charge is 0.196 e. The Morgan fingerprint density at radius 3 is 2.62 bits per heavy atom. The summed E-state index contributed by atoms with van der Waals surface area (Å²) in [6, 6.07) is 7.13. The van der Waals surface area contributed by atoms with Crippen molar-refractivity contribution in [3.05, 3.63) is 45.8 Å². The van der Waals surface area contributed by atoms with E-state index < -0.39 is 5.79 Å². The summed E-state index contributed by atoms with van der Waals surface area (Å²) in [6.45, 7) is 1.27. The lowest BCUT2D eigenvalue weighted by atomic mass is 9.88. The van der Waals surface area contributed by atoms with Gasteiger partial charge in [-0.25, -0.2) is 0 Å². The highest BCUT2D eigenvalue weighted by molar-refractivity contribution is 7.16. The van der Waals surface area contributed by atoms with Gasteiger partial charge in [0.05, 0.1) is 30.9 Å². The fourth-order valence-corrected chi connectivity index (χ4v) is 4.67. The number of nitrogen functional groups attached to an aromatic ring is 1. The molecule has 0 radical (unpaired) electrons. The summed E-state index contributed by atoms with van der Waals surface area (Å²) in [7, 11) is 1.60. The highest BCUT2D eigenvalue weighted by atomic mass is 32.1. The molecule has 0 bridgehead atoms. The van der Waals surface area contributed by atoms with Crippen molar-refractivity contribution in [3.8, 4) is 5.75 Å². The first kappa shape index (κ1) is 15.6. The zero-order chi connectivity index (χ0) is 16.7. The van der Waals surface area contributed by atoms with Crippen molar-refractivity contribution >= 4 is 22.1 Å². The SMILES string of the molecule is COc1ccc(C(=O)c2c(N)sc3c2CCC2(C3)OCCO2)cc1. The van der Waals surface area contributed by atoms with Crippen molar-refractivity contribution in [2.45, 2.75) is 25.0 Å². The minimum atomic E-state index is -0.509. The number of carbonyl (C=O) groups is 1. The van der Waals surface area contributed by atoms with Gasteiger partial charge in [0, 0.05) is 23.3 Å². The number of ether oxygens (including phenoxy) is 3. The summed E-state index contributed by atoms with van der Waals surface area (Å²) in [5.41, 5.74) is 8.52. The van der Waals surface area contributed by atoms with Crippen molar-refractivity contribution < 1.29 is 19.0 Å². The topological polar surface area (TPSA) is 70.8 Å². The molecule has 4 rings (SSSR count). The predicted molar refractivity (Wildman–Crippen MR) is 91.8 cm³/mol. The summed E-state index contributed by atoms with van der Waals surface area (Å²) in [5.74, 6) is 0.186. The normalized spacial score (nSPS) is 18.5. The number of hydrogen-bond donors (Lipinski definition) is 1. The number of methoxy groups -OCH3 is 1. The van der Waals surface area contributed by atoms with Crippen molar-refractivity contribution in [1.82, 2.24) is 0 Å². The van der Waals surface area contributed by atoms with E-state index >= 15 is 0 Å². The van der Waals surface area contributed by atoms with Gasteiger partial charge in [-0.1, -0.05) is 0 Å². The van der Waals surface area contributed by atoms with Crippen molar-refractivity contribution in [3.63, 3.8) is 0 Å². The number of benzene rings is 1. The molecule has 0 amide bonds. The van der Waals surface area contributed by atoms with Gasteiger partial charge in [0.2, 0.25) is 0 Å². The van der Waals surface area contributed by atoms with Gasteiger partial charge in [0.15, 0.2) is 11.6 Å². The Balaban J connectivity index is 1.67. The van der Waals surface area contributed by atoms with Gasteiger partial charge in [-0.3, -0.25) is 4.79 Å². The van der Waals surface area contributed by atoms with Crippen LogP contribution in [0.4, 0.5) is 5.00 Å². The highest BCUT2D eigenvalue weighted by Gasteiger charge is 2.42. The average Bonchev–Trinajstić information content (AvgIpc) is 3.18. The Morgan fingerprint density at radius 1 is 1.25 bits per heavy atom. The standard InChI is InChI=1S/C18H19NO4S/c1-21-12-4-2-11(3-5-12)16(20)15-13-6-7-18(22-8-9-23-18)10-14(13)24-17(15)19/h2-5H,6-10,19H2,1H3. The molecular weight excluding hydrogens is 326 g/mol. The lowest BCUT2D eigenvalue weighted by Crippen LogP contribution is -2.36. The van der Waals surface area contributed by atoms with Crippen molar-refractivity contribution in [2.75, 3.05) is 26.1 Å². The van der Waals surface area contributed by atoms with E-state index in [1.165, 1.54) is 11.3 Å². The Morgan fingerprint density at radius 2 is 1.96 bits per heavy atom. The number of anilines is 1. The zero-order valence-electron chi connectivity index (χ0n) is 13.5. The molecule has 2 N–H and O–H groups in total. The first-order valence-corrected chi connectivity index (χ1v) is 8.80. The quantitative estimate of drug-likeness (QED) is 0.866. The van der Waals surface area contributed by atoms with E-state index in [0.717, 1.165) is 29.0 Å². The maximum Gasteiger partial charge on any atom is 0.196 e. The van der Waals surface area contributed by atoms with E-state index in [4.69, 9.17) is 19.9 Å². The summed E-state index contributed by atoms with van der Waals surface area (Å²) >= 11 is 1.48. The molecule has 1 aliphatic heterocycles. The molecule has 0 saturated carbocycles. The number of thiophene rings is 1. The van der Waals surface area contributed by atoms with Crippen LogP contribution in [0.3, 0.4) is 0 Å². The lowest BCUT2D eigenvalue weighted by Gasteiger charge is -2.31. The Kier molecular flexibility index (Phi) is 3.83. The van der Waals surface area contributed by atoms with Crippen LogP contribution in [0.2, 0.25) is 0 Å². The van der Waals surface area contributed by atoms with E-state index in [9.17, 15) is 4.79 Å². The van der Waals surface area contributed by atoms with Crippen LogP contribution in [-0.2, 0) is 22.3 Å². The molecule has 5 nitrogen and oxygen atoms in total. The third kappa shape index (κ3) is 2.51. The van der Waals surface area contributed by atoms with Gasteiger partial charge in [0.25, 0.3) is 0 Å². The first-order chi connectivity index (χ1) is 11.6. The second-order valence-electron chi connectivity index (χ2n) is 6.09. The molecule has 2 aromatic rings. The monoisotopic (exact) mass is 345 g/mol. The molecule has 2 heterocycles. The number of hydrogen-bond acceptors (Lipinski definition) is 6. The molecule has 1 spiro atoms. The maximum atomic E-state index is 12.9. The van der Waals surface area contributed by atoms with Crippen LogP contribution in [-0.4, -0.2) is 31.9 Å². The first-order valence-electron chi connectivity index (χ1n) is 7.98. The molecular formula is C18H19NO4S. The van der Waals surface area contributed by atoms with E-state index in [0.29, 0.717) is 35.8 Å². The van der Waals surface area contributed by atoms with Crippen LogP contribution < -0.4 is 10.5 Å². The van der Waals surface area contributed by atoms with Gasteiger partial charge in [-0.15, -0.1) is 11.3 Å². The van der Waals surface area contributed by atoms with Crippen LogP contribution in [0.1, 0.15) is 32.8 Å². The lowest BCUT2D eigenvalue weighted by molar-refractivity contribution is -0.163. The summed E-state index contributed by atoms with van der Waals surface area (Å²) in [5, 5.41) is 0.580. The van der Waals surface area contributed by atoms with Gasteiger partial charge in [-0.05, 0) is 36.2 Å². The van der Waals surface area contributed by atoms with Gasteiger partial charge in [0.1, 0.15) is 5.75 Å². The van der Waals surface area contributed by atoms with Crippen LogP contribution in [0, 0.1) is 0 Å². The number of fused-ring (bicyclic) bond motifs is 1. The average molecular weight is 345 g/mol. The molecule has 1 saturated heterocycles. The molecule has 1 fully saturated rings. The summed E-state index contributed by atoms with van der Waals surface area (Å²) in [6.07, 6.45) is 2.19. The molecule has 1 aromatic heterocycles. The van der Waals surface area contributed by atoms with E-state index in [2.05, 4.69) is 0 Å². The fraction of sp³-hybridized carbons (Fsp3) is 0.389. The van der Waals surface area contributed by atoms with Crippen LogP contribution in [0.25, 0.3) is 0 Å². The number of nitrogens with two attached hydrogens (primary N) is 1. The van der Waals surface area contributed by atoms with Crippen LogP contribution >= 0.6 is 11.3 Å². The molecule has 1 aromatic carbocycles. The largest absolute Gasteiger partial charge is 0.497 e. The molecule has 2 aliphatic rings. The molecule has 24 heavy (non-hydrogen) atoms. The Bertz CT molecular complexity index is 775.